The third-order valence-electron chi connectivity index (χ3n) is 3.46. The number of nitrogens with zero attached hydrogens (tertiary/aromatic N) is 1. The van der Waals surface area contributed by atoms with Crippen molar-refractivity contribution in [2.75, 3.05) is 26.7 Å². The first-order chi connectivity index (χ1) is 8.58. The molecule has 0 spiro atoms. The van der Waals surface area contributed by atoms with Gasteiger partial charge in [-0.05, 0) is 45.0 Å². The van der Waals surface area contributed by atoms with E-state index in [1.807, 2.05) is 0 Å². The SMILES string of the molecule is Cc1cc(C2CNCCN2C)ccc1OC(C)C. The molecule has 1 unspecified atom stereocenters. The molecule has 1 saturated heterocycles. The van der Waals surface area contributed by atoms with E-state index in [-0.39, 0.29) is 6.10 Å². The van der Waals surface area contributed by atoms with Gasteiger partial charge in [0.2, 0.25) is 0 Å². The highest BCUT2D eigenvalue weighted by Gasteiger charge is 2.20. The maximum atomic E-state index is 5.78. The zero-order valence-electron chi connectivity index (χ0n) is 11.9. The van der Waals surface area contributed by atoms with E-state index in [1.165, 1.54) is 11.1 Å². The van der Waals surface area contributed by atoms with Crippen LogP contribution in [0.15, 0.2) is 18.2 Å². The third-order valence-corrected chi connectivity index (χ3v) is 3.46. The van der Waals surface area contributed by atoms with Crippen LogP contribution in [0.1, 0.15) is 31.0 Å². The lowest BCUT2D eigenvalue weighted by Crippen LogP contribution is -2.43. The predicted molar refractivity (Wildman–Crippen MR) is 75.2 cm³/mol. The fourth-order valence-electron chi connectivity index (χ4n) is 2.44. The summed E-state index contributed by atoms with van der Waals surface area (Å²) in [6.45, 7) is 9.46. The molecule has 3 nitrogen and oxygen atoms in total. The second-order valence-electron chi connectivity index (χ2n) is 5.39. The van der Waals surface area contributed by atoms with Crippen molar-refractivity contribution in [2.45, 2.75) is 32.9 Å². The molecule has 1 aliphatic heterocycles. The van der Waals surface area contributed by atoms with Crippen molar-refractivity contribution in [3.63, 3.8) is 0 Å². The zero-order valence-corrected chi connectivity index (χ0v) is 11.9. The Morgan fingerprint density at radius 2 is 2.17 bits per heavy atom. The average molecular weight is 248 g/mol. The van der Waals surface area contributed by atoms with Gasteiger partial charge >= 0.3 is 0 Å². The van der Waals surface area contributed by atoms with Crippen molar-refractivity contribution in [3.05, 3.63) is 29.3 Å². The molecule has 3 heteroatoms. The number of likely N-dealkylation sites (N-methyl/N-ethyl adjacent to an activating group) is 1. The van der Waals surface area contributed by atoms with Gasteiger partial charge < -0.3 is 10.1 Å². The van der Waals surface area contributed by atoms with Gasteiger partial charge in [-0.1, -0.05) is 12.1 Å². The second-order valence-corrected chi connectivity index (χ2v) is 5.39. The number of rotatable bonds is 3. The van der Waals surface area contributed by atoms with E-state index >= 15 is 0 Å². The van der Waals surface area contributed by atoms with E-state index < -0.39 is 0 Å². The lowest BCUT2D eigenvalue weighted by molar-refractivity contribution is 0.201. The number of hydrogen-bond donors (Lipinski definition) is 1. The molecule has 0 aromatic heterocycles. The summed E-state index contributed by atoms with van der Waals surface area (Å²) < 4.78 is 5.78. The van der Waals surface area contributed by atoms with Crippen LogP contribution in [-0.4, -0.2) is 37.7 Å². The highest BCUT2D eigenvalue weighted by Crippen LogP contribution is 2.26. The van der Waals surface area contributed by atoms with E-state index in [2.05, 4.69) is 56.2 Å². The Balaban J connectivity index is 2.17. The molecule has 0 aliphatic carbocycles. The second kappa shape index (κ2) is 5.72. The Morgan fingerprint density at radius 1 is 1.39 bits per heavy atom. The van der Waals surface area contributed by atoms with E-state index in [1.54, 1.807) is 0 Å². The zero-order chi connectivity index (χ0) is 13.1. The topological polar surface area (TPSA) is 24.5 Å². The van der Waals surface area contributed by atoms with E-state index in [9.17, 15) is 0 Å². The van der Waals surface area contributed by atoms with Crippen molar-refractivity contribution < 1.29 is 4.74 Å². The molecule has 1 N–H and O–H groups in total. The monoisotopic (exact) mass is 248 g/mol. The van der Waals surface area contributed by atoms with Gasteiger partial charge in [0, 0.05) is 25.7 Å². The minimum Gasteiger partial charge on any atom is -0.491 e. The molecule has 1 atom stereocenters. The number of hydrogen-bond acceptors (Lipinski definition) is 3. The lowest BCUT2D eigenvalue weighted by atomic mass is 10.0. The van der Waals surface area contributed by atoms with Gasteiger partial charge in [-0.25, -0.2) is 0 Å². The predicted octanol–water partition coefficient (Wildman–Crippen LogP) is 2.36. The number of benzene rings is 1. The molecular formula is C15H24N2O. The van der Waals surface area contributed by atoms with Crippen molar-refractivity contribution in [2.24, 2.45) is 0 Å². The van der Waals surface area contributed by atoms with Gasteiger partial charge in [0.25, 0.3) is 0 Å². The Labute approximate surface area is 110 Å². The fraction of sp³-hybridized carbons (Fsp3) is 0.600. The summed E-state index contributed by atoms with van der Waals surface area (Å²) in [5.74, 6) is 1.00. The van der Waals surface area contributed by atoms with Crippen molar-refractivity contribution in [3.8, 4) is 5.75 Å². The number of aryl methyl sites for hydroxylation is 1. The standard InChI is InChI=1S/C15H24N2O/c1-11(2)18-15-6-5-13(9-12(15)3)14-10-16-7-8-17(14)4/h5-6,9,11,14,16H,7-8,10H2,1-4H3. The van der Waals surface area contributed by atoms with Crippen LogP contribution in [0.25, 0.3) is 0 Å². The first kappa shape index (κ1) is 13.4. The molecule has 1 fully saturated rings. The van der Waals surface area contributed by atoms with Crippen LogP contribution in [0.4, 0.5) is 0 Å². The van der Waals surface area contributed by atoms with E-state index in [0.29, 0.717) is 6.04 Å². The minimum atomic E-state index is 0.230. The fourth-order valence-corrected chi connectivity index (χ4v) is 2.44. The molecule has 0 saturated carbocycles. The van der Waals surface area contributed by atoms with E-state index in [4.69, 9.17) is 4.74 Å². The summed E-state index contributed by atoms with van der Waals surface area (Å²) in [6, 6.07) is 7.03. The van der Waals surface area contributed by atoms with Crippen LogP contribution in [0.2, 0.25) is 0 Å². The molecular weight excluding hydrogens is 224 g/mol. The Hall–Kier alpha value is -1.06. The number of ether oxygens (including phenoxy) is 1. The molecule has 18 heavy (non-hydrogen) atoms. The summed E-state index contributed by atoms with van der Waals surface area (Å²) in [7, 11) is 2.19. The third kappa shape index (κ3) is 3.03. The maximum absolute atomic E-state index is 5.78. The van der Waals surface area contributed by atoms with Crippen LogP contribution in [-0.2, 0) is 0 Å². The van der Waals surface area contributed by atoms with Crippen molar-refractivity contribution >= 4 is 0 Å². The lowest BCUT2D eigenvalue weighted by Gasteiger charge is -2.33. The van der Waals surface area contributed by atoms with Crippen LogP contribution < -0.4 is 10.1 Å². The maximum Gasteiger partial charge on any atom is 0.122 e. The summed E-state index contributed by atoms with van der Waals surface area (Å²) in [6.07, 6.45) is 0.230. The molecule has 0 bridgehead atoms. The normalized spacial score (nSPS) is 21.3. The molecule has 100 valence electrons. The first-order valence-corrected chi connectivity index (χ1v) is 6.76. The molecule has 0 amide bonds. The van der Waals surface area contributed by atoms with Crippen LogP contribution in [0, 0.1) is 6.92 Å². The van der Waals surface area contributed by atoms with Crippen molar-refractivity contribution in [1.29, 1.82) is 0 Å². The highest BCUT2D eigenvalue weighted by atomic mass is 16.5. The van der Waals surface area contributed by atoms with Gasteiger partial charge in [0.1, 0.15) is 5.75 Å². The van der Waals surface area contributed by atoms with E-state index in [0.717, 1.165) is 25.4 Å². The summed E-state index contributed by atoms with van der Waals surface area (Å²) >= 11 is 0. The molecule has 1 aliphatic rings. The summed E-state index contributed by atoms with van der Waals surface area (Å²) in [5.41, 5.74) is 2.60. The molecule has 2 rings (SSSR count). The van der Waals surface area contributed by atoms with Gasteiger partial charge in [-0.3, -0.25) is 4.90 Å². The Bertz CT molecular complexity index is 403. The largest absolute Gasteiger partial charge is 0.491 e. The Morgan fingerprint density at radius 3 is 2.78 bits per heavy atom. The van der Waals surface area contributed by atoms with Crippen LogP contribution in [0.3, 0.4) is 0 Å². The molecule has 0 radical (unpaired) electrons. The summed E-state index contributed by atoms with van der Waals surface area (Å²) in [5, 5.41) is 3.46. The summed E-state index contributed by atoms with van der Waals surface area (Å²) in [4.78, 5) is 2.41. The smallest absolute Gasteiger partial charge is 0.122 e. The number of piperazine rings is 1. The number of nitrogens with one attached hydrogen (secondary N) is 1. The average Bonchev–Trinajstić information content (AvgIpc) is 2.32. The van der Waals surface area contributed by atoms with Gasteiger partial charge in [0.05, 0.1) is 6.10 Å². The van der Waals surface area contributed by atoms with Crippen LogP contribution >= 0.6 is 0 Å². The Kier molecular flexibility index (Phi) is 4.25. The molecule has 1 aromatic carbocycles. The molecule has 1 aromatic rings. The minimum absolute atomic E-state index is 0.230. The quantitative estimate of drug-likeness (QED) is 0.888. The molecule has 1 heterocycles. The van der Waals surface area contributed by atoms with Crippen molar-refractivity contribution in [1.82, 2.24) is 10.2 Å². The van der Waals surface area contributed by atoms with Gasteiger partial charge in [0.15, 0.2) is 0 Å². The van der Waals surface area contributed by atoms with Gasteiger partial charge in [-0.15, -0.1) is 0 Å². The van der Waals surface area contributed by atoms with Crippen LogP contribution in [0.5, 0.6) is 5.75 Å². The van der Waals surface area contributed by atoms with Gasteiger partial charge in [-0.2, -0.15) is 0 Å². The first-order valence-electron chi connectivity index (χ1n) is 6.76. The highest BCUT2D eigenvalue weighted by molar-refractivity contribution is 5.37.